The van der Waals surface area contributed by atoms with E-state index in [1.807, 2.05) is 12.3 Å². The van der Waals surface area contributed by atoms with Gasteiger partial charge in [0.2, 0.25) is 0 Å². The van der Waals surface area contributed by atoms with E-state index in [9.17, 15) is 4.79 Å². The summed E-state index contributed by atoms with van der Waals surface area (Å²) >= 11 is 1.58. The van der Waals surface area contributed by atoms with Crippen LogP contribution in [0.5, 0.6) is 0 Å². The van der Waals surface area contributed by atoms with Crippen LogP contribution < -0.4 is 0 Å². The molecule has 4 heteroatoms. The molecule has 5 rings (SSSR count). The van der Waals surface area contributed by atoms with Crippen LogP contribution in [0.3, 0.4) is 0 Å². The molecule has 2 saturated heterocycles. The summed E-state index contributed by atoms with van der Waals surface area (Å²) in [5.74, 6) is 0.237. The second-order valence-electron chi connectivity index (χ2n) is 9.01. The molecule has 1 saturated carbocycles. The van der Waals surface area contributed by atoms with Crippen molar-refractivity contribution in [3.8, 4) is 0 Å². The van der Waals surface area contributed by atoms with Crippen molar-refractivity contribution in [3.05, 3.63) is 57.8 Å². The SMILES string of the molecule is Cc1ccsc1C(=O)N1CCC(N2CC3(CCCC3)C2c2ccccc2)CC1. The Morgan fingerprint density at radius 2 is 1.79 bits per heavy atom. The Labute approximate surface area is 172 Å². The summed E-state index contributed by atoms with van der Waals surface area (Å²) in [5.41, 5.74) is 3.14. The van der Waals surface area contributed by atoms with Crippen LogP contribution in [0.1, 0.15) is 65.4 Å². The standard InChI is InChI=1S/C24H30N2OS/c1-18-11-16-28-21(18)23(27)25-14-9-20(10-15-25)26-17-24(12-5-6-13-24)22(26)19-7-3-2-4-8-19/h2-4,7-8,11,16,20,22H,5-6,9-10,12-15,17H2,1H3. The number of amides is 1. The third-order valence-corrected chi connectivity index (χ3v) is 8.41. The summed E-state index contributed by atoms with van der Waals surface area (Å²) < 4.78 is 0. The lowest BCUT2D eigenvalue weighted by Gasteiger charge is -2.60. The van der Waals surface area contributed by atoms with Crippen molar-refractivity contribution in [2.24, 2.45) is 5.41 Å². The second-order valence-corrected chi connectivity index (χ2v) is 9.93. The number of aryl methyl sites for hydroxylation is 1. The third-order valence-electron chi connectivity index (χ3n) is 7.40. The molecular weight excluding hydrogens is 364 g/mol. The van der Waals surface area contributed by atoms with Gasteiger partial charge in [0.1, 0.15) is 0 Å². The van der Waals surface area contributed by atoms with Crippen LogP contribution in [-0.2, 0) is 0 Å². The Morgan fingerprint density at radius 1 is 1.07 bits per heavy atom. The largest absolute Gasteiger partial charge is 0.338 e. The predicted octanol–water partition coefficient (Wildman–Crippen LogP) is 5.28. The summed E-state index contributed by atoms with van der Waals surface area (Å²) in [7, 11) is 0. The number of likely N-dealkylation sites (tertiary alicyclic amines) is 2. The van der Waals surface area contributed by atoms with E-state index in [1.165, 1.54) is 37.8 Å². The van der Waals surface area contributed by atoms with Gasteiger partial charge in [0.15, 0.2) is 0 Å². The van der Waals surface area contributed by atoms with Gasteiger partial charge in [-0.1, -0.05) is 43.2 Å². The molecule has 1 atom stereocenters. The minimum Gasteiger partial charge on any atom is -0.338 e. The third kappa shape index (κ3) is 3.02. The maximum Gasteiger partial charge on any atom is 0.264 e. The normalized spacial score (nSPS) is 25.2. The molecule has 2 aromatic rings. The van der Waals surface area contributed by atoms with Crippen molar-refractivity contribution in [2.45, 2.75) is 57.5 Å². The summed E-state index contributed by atoms with van der Waals surface area (Å²) in [4.78, 5) is 18.6. The number of piperidine rings is 1. The lowest BCUT2D eigenvalue weighted by Crippen LogP contribution is -2.62. The van der Waals surface area contributed by atoms with E-state index in [2.05, 4.69) is 46.2 Å². The highest BCUT2D eigenvalue weighted by molar-refractivity contribution is 7.12. The summed E-state index contributed by atoms with van der Waals surface area (Å²) in [6.07, 6.45) is 7.77. The zero-order valence-electron chi connectivity index (χ0n) is 16.8. The maximum atomic E-state index is 12.9. The summed E-state index contributed by atoms with van der Waals surface area (Å²) in [5, 5.41) is 2.03. The highest BCUT2D eigenvalue weighted by Crippen LogP contribution is 2.59. The first kappa shape index (κ1) is 18.4. The lowest BCUT2D eigenvalue weighted by molar-refractivity contribution is -0.111. The van der Waals surface area contributed by atoms with Crippen molar-refractivity contribution < 1.29 is 4.79 Å². The molecule has 2 aliphatic heterocycles. The number of rotatable bonds is 3. The smallest absolute Gasteiger partial charge is 0.264 e. The van der Waals surface area contributed by atoms with Crippen molar-refractivity contribution >= 4 is 17.2 Å². The first-order chi connectivity index (χ1) is 13.7. The number of thiophene rings is 1. The lowest BCUT2D eigenvalue weighted by atomic mass is 9.66. The van der Waals surface area contributed by atoms with Gasteiger partial charge in [-0.25, -0.2) is 0 Å². The molecule has 0 bridgehead atoms. The van der Waals surface area contributed by atoms with E-state index in [1.54, 1.807) is 11.3 Å². The average molecular weight is 395 g/mol. The number of nitrogens with zero attached hydrogens (tertiary/aromatic N) is 2. The fraction of sp³-hybridized carbons (Fsp3) is 0.542. The van der Waals surface area contributed by atoms with Crippen LogP contribution >= 0.6 is 11.3 Å². The molecule has 1 aromatic heterocycles. The van der Waals surface area contributed by atoms with Crippen molar-refractivity contribution in [1.29, 1.82) is 0 Å². The van der Waals surface area contributed by atoms with Crippen LogP contribution in [0.25, 0.3) is 0 Å². The monoisotopic (exact) mass is 394 g/mol. The topological polar surface area (TPSA) is 23.6 Å². The molecule has 148 valence electrons. The van der Waals surface area contributed by atoms with Gasteiger partial charge in [0, 0.05) is 37.1 Å². The quantitative estimate of drug-likeness (QED) is 0.707. The van der Waals surface area contributed by atoms with Crippen LogP contribution in [0, 0.1) is 12.3 Å². The zero-order chi connectivity index (χ0) is 19.1. The molecule has 0 N–H and O–H groups in total. The van der Waals surface area contributed by atoms with Crippen LogP contribution in [0.15, 0.2) is 41.8 Å². The number of benzene rings is 1. The van der Waals surface area contributed by atoms with E-state index in [4.69, 9.17) is 0 Å². The van der Waals surface area contributed by atoms with Crippen LogP contribution in [0.2, 0.25) is 0 Å². The van der Waals surface area contributed by atoms with E-state index in [-0.39, 0.29) is 5.91 Å². The molecule has 1 aromatic carbocycles. The highest BCUT2D eigenvalue weighted by Gasteiger charge is 2.55. The summed E-state index contributed by atoms with van der Waals surface area (Å²) in [6, 6.07) is 14.4. The summed E-state index contributed by atoms with van der Waals surface area (Å²) in [6.45, 7) is 5.09. The van der Waals surface area contributed by atoms with E-state index < -0.39 is 0 Å². The van der Waals surface area contributed by atoms with Crippen molar-refractivity contribution in [3.63, 3.8) is 0 Å². The molecule has 3 aliphatic rings. The number of carbonyl (C=O) groups excluding carboxylic acids is 1. The number of hydrogen-bond donors (Lipinski definition) is 0. The van der Waals surface area contributed by atoms with Gasteiger partial charge < -0.3 is 4.90 Å². The van der Waals surface area contributed by atoms with Gasteiger partial charge in [-0.05, 0) is 55.2 Å². The van der Waals surface area contributed by atoms with Gasteiger partial charge in [0.05, 0.1) is 4.88 Å². The van der Waals surface area contributed by atoms with E-state index >= 15 is 0 Å². The molecule has 3 nitrogen and oxygen atoms in total. The van der Waals surface area contributed by atoms with Crippen molar-refractivity contribution in [2.75, 3.05) is 19.6 Å². The first-order valence-corrected chi connectivity index (χ1v) is 11.7. The van der Waals surface area contributed by atoms with Gasteiger partial charge in [-0.15, -0.1) is 11.3 Å². The van der Waals surface area contributed by atoms with E-state index in [0.717, 1.165) is 36.4 Å². The Balaban J connectivity index is 1.28. The molecule has 0 radical (unpaired) electrons. The van der Waals surface area contributed by atoms with Gasteiger partial charge >= 0.3 is 0 Å². The molecule has 1 amide bonds. The molecule has 28 heavy (non-hydrogen) atoms. The molecule has 1 spiro atoms. The first-order valence-electron chi connectivity index (χ1n) is 10.8. The van der Waals surface area contributed by atoms with Crippen molar-refractivity contribution in [1.82, 2.24) is 9.80 Å². The molecule has 3 fully saturated rings. The minimum atomic E-state index is 0.237. The van der Waals surface area contributed by atoms with Gasteiger partial charge in [0.25, 0.3) is 5.91 Å². The fourth-order valence-corrected chi connectivity index (χ4v) is 6.84. The highest BCUT2D eigenvalue weighted by atomic mass is 32.1. The maximum absolute atomic E-state index is 12.9. The molecule has 3 heterocycles. The molecular formula is C24H30N2OS. The molecule has 1 unspecified atom stereocenters. The Morgan fingerprint density at radius 3 is 2.43 bits per heavy atom. The van der Waals surface area contributed by atoms with Crippen LogP contribution in [0.4, 0.5) is 0 Å². The number of hydrogen-bond acceptors (Lipinski definition) is 3. The average Bonchev–Trinajstić information content (AvgIpc) is 3.37. The zero-order valence-corrected chi connectivity index (χ0v) is 17.6. The minimum absolute atomic E-state index is 0.237. The Kier molecular flexibility index (Phi) is 4.80. The number of carbonyl (C=O) groups is 1. The van der Waals surface area contributed by atoms with Crippen LogP contribution in [-0.4, -0.2) is 41.4 Å². The van der Waals surface area contributed by atoms with E-state index in [0.29, 0.717) is 17.5 Å². The fourth-order valence-electron chi connectivity index (χ4n) is 5.95. The Hall–Kier alpha value is -1.65. The Bertz CT molecular complexity index is 831. The second kappa shape index (κ2) is 7.31. The predicted molar refractivity (Wildman–Crippen MR) is 115 cm³/mol. The van der Waals surface area contributed by atoms with Gasteiger partial charge in [-0.2, -0.15) is 0 Å². The molecule has 1 aliphatic carbocycles. The van der Waals surface area contributed by atoms with Gasteiger partial charge in [-0.3, -0.25) is 9.69 Å².